The Kier molecular flexibility index (Phi) is 5.81. The monoisotopic (exact) mass is 146 g/mol. The van der Waals surface area contributed by atoms with E-state index in [1.807, 2.05) is 6.55 Å². The number of Topliss-reactive ketones (excluding diaryl/α,β-unsaturated/α-hetero) is 1. The molecular formula is C5H10O3Si. The zero-order valence-corrected chi connectivity index (χ0v) is 6.64. The molecule has 0 aromatic heterocycles. The van der Waals surface area contributed by atoms with E-state index >= 15 is 0 Å². The molecule has 0 aromatic rings. The van der Waals surface area contributed by atoms with Gasteiger partial charge < -0.3 is 9.16 Å². The van der Waals surface area contributed by atoms with E-state index in [1.54, 1.807) is 0 Å². The summed E-state index contributed by atoms with van der Waals surface area (Å²) >= 11 is 0. The first-order valence-electron chi connectivity index (χ1n) is 2.63. The average Bonchev–Trinajstić information content (AvgIpc) is 1.80. The molecular weight excluding hydrogens is 136 g/mol. The van der Waals surface area contributed by atoms with Gasteiger partial charge in [-0.3, -0.25) is 4.79 Å². The van der Waals surface area contributed by atoms with Gasteiger partial charge in [-0.05, 0) is 13.5 Å². The van der Waals surface area contributed by atoms with E-state index in [1.165, 1.54) is 6.92 Å². The highest BCUT2D eigenvalue weighted by Gasteiger charge is 1.90. The van der Waals surface area contributed by atoms with Crippen LogP contribution in [-0.4, -0.2) is 28.9 Å². The molecule has 0 unspecified atom stereocenters. The van der Waals surface area contributed by atoms with Crippen molar-refractivity contribution >= 4 is 15.5 Å². The lowest BCUT2D eigenvalue weighted by Gasteiger charge is -1.98. The molecule has 4 heteroatoms. The summed E-state index contributed by atoms with van der Waals surface area (Å²) in [6, 6.07) is 0. The van der Waals surface area contributed by atoms with Gasteiger partial charge in [0.15, 0.2) is 5.78 Å². The van der Waals surface area contributed by atoms with Gasteiger partial charge in [0.05, 0.1) is 0 Å². The highest BCUT2D eigenvalue weighted by atomic mass is 28.2. The fourth-order valence-corrected chi connectivity index (χ4v) is 0.487. The van der Waals surface area contributed by atoms with Crippen LogP contribution in [0, 0.1) is 0 Å². The molecule has 0 bridgehead atoms. The van der Waals surface area contributed by atoms with Crippen LogP contribution in [0.25, 0.3) is 0 Å². The van der Waals surface area contributed by atoms with Gasteiger partial charge in [-0.15, -0.1) is 0 Å². The van der Waals surface area contributed by atoms with E-state index in [9.17, 15) is 4.79 Å². The molecule has 0 N–H and O–H groups in total. The molecule has 0 aliphatic carbocycles. The fraction of sp³-hybridized carbons (Fsp3) is 0.800. The molecule has 0 amide bonds. The van der Waals surface area contributed by atoms with Crippen LogP contribution in [0.5, 0.6) is 0 Å². The first kappa shape index (κ1) is 8.81. The van der Waals surface area contributed by atoms with Crippen molar-refractivity contribution in [3.05, 3.63) is 0 Å². The summed E-state index contributed by atoms with van der Waals surface area (Å²) in [5.74, 6) is 0.0260. The molecule has 0 aromatic carbocycles. The SMILES string of the molecule is C[Si]OCOCC(C)=O. The Hall–Kier alpha value is -0.193. The van der Waals surface area contributed by atoms with Gasteiger partial charge in [0.1, 0.15) is 13.4 Å². The molecule has 0 rings (SSSR count). The fourth-order valence-electron chi connectivity index (χ4n) is 0.286. The average molecular weight is 146 g/mol. The second-order valence-corrected chi connectivity index (χ2v) is 2.21. The van der Waals surface area contributed by atoms with E-state index in [4.69, 9.17) is 9.16 Å². The lowest BCUT2D eigenvalue weighted by Crippen LogP contribution is -2.07. The molecule has 0 aliphatic heterocycles. The van der Waals surface area contributed by atoms with Crippen LogP contribution in [0.1, 0.15) is 6.92 Å². The predicted octanol–water partition coefficient (Wildman–Crippen LogP) is 0.233. The highest BCUT2D eigenvalue weighted by molar-refractivity contribution is 6.24. The van der Waals surface area contributed by atoms with E-state index in [-0.39, 0.29) is 19.2 Å². The third-order valence-corrected chi connectivity index (χ3v) is 0.998. The van der Waals surface area contributed by atoms with Crippen LogP contribution >= 0.6 is 0 Å². The number of hydrogen-bond acceptors (Lipinski definition) is 3. The molecule has 9 heavy (non-hydrogen) atoms. The summed E-state index contributed by atoms with van der Waals surface area (Å²) in [7, 11) is 0.425. The van der Waals surface area contributed by atoms with Crippen LogP contribution in [-0.2, 0) is 14.0 Å². The van der Waals surface area contributed by atoms with Crippen molar-refractivity contribution in [2.45, 2.75) is 13.5 Å². The van der Waals surface area contributed by atoms with Crippen molar-refractivity contribution in [3.8, 4) is 0 Å². The molecule has 3 nitrogen and oxygen atoms in total. The number of carbonyl (C=O) groups is 1. The Labute approximate surface area is 57.3 Å². The molecule has 0 heterocycles. The minimum absolute atomic E-state index is 0.0260. The van der Waals surface area contributed by atoms with E-state index in [0.29, 0.717) is 9.76 Å². The van der Waals surface area contributed by atoms with Gasteiger partial charge in [0, 0.05) is 0 Å². The van der Waals surface area contributed by atoms with Gasteiger partial charge >= 0.3 is 0 Å². The summed E-state index contributed by atoms with van der Waals surface area (Å²) < 4.78 is 9.61. The Balaban J connectivity index is 2.83. The molecule has 2 radical (unpaired) electrons. The Morgan fingerprint density at radius 3 is 2.78 bits per heavy atom. The number of carbonyl (C=O) groups excluding carboxylic acids is 1. The van der Waals surface area contributed by atoms with Crippen LogP contribution in [0.15, 0.2) is 0 Å². The van der Waals surface area contributed by atoms with Crippen LogP contribution in [0.4, 0.5) is 0 Å². The largest absolute Gasteiger partial charge is 0.396 e. The minimum atomic E-state index is 0.0260. The number of hydrogen-bond donors (Lipinski definition) is 0. The number of ketones is 1. The van der Waals surface area contributed by atoms with Gasteiger partial charge in [-0.1, -0.05) is 0 Å². The number of rotatable bonds is 5. The van der Waals surface area contributed by atoms with E-state index < -0.39 is 0 Å². The lowest BCUT2D eigenvalue weighted by molar-refractivity contribution is -0.124. The van der Waals surface area contributed by atoms with Crippen LogP contribution in [0.2, 0.25) is 6.55 Å². The van der Waals surface area contributed by atoms with Crippen molar-refractivity contribution in [2.24, 2.45) is 0 Å². The summed E-state index contributed by atoms with van der Waals surface area (Å²) in [5.41, 5.74) is 0. The normalized spacial score (nSPS) is 9.56. The third kappa shape index (κ3) is 7.81. The molecule has 0 saturated carbocycles. The summed E-state index contributed by atoms with van der Waals surface area (Å²) in [6.45, 7) is 3.77. The van der Waals surface area contributed by atoms with E-state index in [2.05, 4.69) is 0 Å². The summed E-state index contributed by atoms with van der Waals surface area (Å²) in [6.07, 6.45) is 0. The van der Waals surface area contributed by atoms with Gasteiger partial charge in [0.25, 0.3) is 0 Å². The predicted molar refractivity (Wildman–Crippen MR) is 34.2 cm³/mol. The topological polar surface area (TPSA) is 35.5 Å². The smallest absolute Gasteiger partial charge is 0.229 e. The first-order valence-corrected chi connectivity index (χ1v) is 4.04. The Morgan fingerprint density at radius 1 is 1.67 bits per heavy atom. The van der Waals surface area contributed by atoms with Crippen molar-refractivity contribution in [1.29, 1.82) is 0 Å². The summed E-state index contributed by atoms with van der Waals surface area (Å²) in [4.78, 5) is 10.2. The second-order valence-electron chi connectivity index (χ2n) is 1.52. The molecule has 0 spiro atoms. The van der Waals surface area contributed by atoms with Crippen molar-refractivity contribution < 1.29 is 14.0 Å². The zero-order chi connectivity index (χ0) is 7.11. The maximum atomic E-state index is 10.2. The van der Waals surface area contributed by atoms with Crippen molar-refractivity contribution in [3.63, 3.8) is 0 Å². The van der Waals surface area contributed by atoms with Gasteiger partial charge in [-0.25, -0.2) is 0 Å². The lowest BCUT2D eigenvalue weighted by atomic mass is 10.5. The summed E-state index contributed by atoms with van der Waals surface area (Å²) in [5, 5.41) is 0. The number of ether oxygens (including phenoxy) is 1. The second kappa shape index (κ2) is 5.93. The van der Waals surface area contributed by atoms with Crippen LogP contribution in [0.3, 0.4) is 0 Å². The molecule has 0 fully saturated rings. The molecule has 52 valence electrons. The zero-order valence-electron chi connectivity index (χ0n) is 5.64. The third-order valence-electron chi connectivity index (χ3n) is 0.592. The highest BCUT2D eigenvalue weighted by Crippen LogP contribution is 1.76. The van der Waals surface area contributed by atoms with Crippen molar-refractivity contribution in [1.82, 2.24) is 0 Å². The molecule has 0 atom stereocenters. The van der Waals surface area contributed by atoms with Crippen molar-refractivity contribution in [2.75, 3.05) is 13.4 Å². The quantitative estimate of drug-likeness (QED) is 0.316. The van der Waals surface area contributed by atoms with E-state index in [0.717, 1.165) is 0 Å². The first-order chi connectivity index (χ1) is 4.27. The Bertz CT molecular complexity index is 84.3. The van der Waals surface area contributed by atoms with Gasteiger partial charge in [-0.2, -0.15) is 0 Å². The minimum Gasteiger partial charge on any atom is -0.396 e. The maximum Gasteiger partial charge on any atom is 0.229 e. The standard InChI is InChI=1S/C5H10O3Si/c1-5(6)3-7-4-8-9-2/h3-4H2,1-2H3. The molecule has 0 aliphatic rings. The van der Waals surface area contributed by atoms with Crippen LogP contribution < -0.4 is 0 Å². The van der Waals surface area contributed by atoms with Gasteiger partial charge in [0.2, 0.25) is 9.76 Å². The molecule has 0 saturated heterocycles. The Morgan fingerprint density at radius 2 is 2.33 bits per heavy atom. The maximum absolute atomic E-state index is 10.2.